The minimum atomic E-state index is -0.593. The molecule has 0 saturated heterocycles. The van der Waals surface area contributed by atoms with Gasteiger partial charge < -0.3 is 14.8 Å². The Labute approximate surface area is 211 Å². The quantitative estimate of drug-likeness (QED) is 0.203. The van der Waals surface area contributed by atoms with E-state index in [4.69, 9.17) is 9.47 Å². The van der Waals surface area contributed by atoms with Crippen LogP contribution in [0.4, 0.5) is 5.00 Å². The summed E-state index contributed by atoms with van der Waals surface area (Å²) in [5, 5.41) is 12.6. The zero-order chi connectivity index (χ0) is 24.7. The molecular weight excluding hydrogens is 516 g/mol. The average Bonchev–Trinajstić information content (AvgIpc) is 3.10. The average molecular weight is 539 g/mol. The highest BCUT2D eigenvalue weighted by Crippen LogP contribution is 2.33. The van der Waals surface area contributed by atoms with Crippen LogP contribution in [0.3, 0.4) is 0 Å². The summed E-state index contributed by atoms with van der Waals surface area (Å²) in [6.07, 6.45) is 1.49. The van der Waals surface area contributed by atoms with Crippen molar-refractivity contribution in [2.45, 2.75) is 27.4 Å². The van der Waals surface area contributed by atoms with E-state index in [1.54, 1.807) is 38.1 Å². The van der Waals surface area contributed by atoms with Crippen molar-refractivity contribution in [2.75, 3.05) is 11.9 Å². The number of hydrogen-bond donors (Lipinski definition) is 1. The lowest BCUT2D eigenvalue weighted by atomic mass is 10.1. The maximum absolute atomic E-state index is 12.8. The number of ether oxygens (including phenoxy) is 2. The number of nitrogens with one attached hydrogen (secondary N) is 1. The molecule has 0 saturated carbocycles. The van der Waals surface area contributed by atoms with E-state index in [0.717, 1.165) is 20.5 Å². The summed E-state index contributed by atoms with van der Waals surface area (Å²) < 4.78 is 11.9. The number of nitriles is 1. The number of carbonyl (C=O) groups excluding carboxylic acids is 2. The van der Waals surface area contributed by atoms with Gasteiger partial charge in [-0.15, -0.1) is 11.3 Å². The fourth-order valence-corrected chi connectivity index (χ4v) is 4.37. The molecule has 0 spiro atoms. The number of halogens is 1. The number of hydrogen-bond acceptors (Lipinski definition) is 6. The van der Waals surface area contributed by atoms with Crippen LogP contribution in [0.2, 0.25) is 0 Å². The van der Waals surface area contributed by atoms with E-state index in [1.165, 1.54) is 17.4 Å². The molecule has 0 bridgehead atoms. The number of anilines is 1. The maximum atomic E-state index is 12.8. The minimum Gasteiger partial charge on any atom is -0.489 e. The number of aryl methyl sites for hydroxylation is 1. The molecule has 1 aromatic heterocycles. The number of benzene rings is 2. The lowest BCUT2D eigenvalue weighted by Gasteiger charge is -2.08. The summed E-state index contributed by atoms with van der Waals surface area (Å²) >= 11 is 4.68. The largest absolute Gasteiger partial charge is 0.489 e. The molecule has 0 aliphatic rings. The van der Waals surface area contributed by atoms with Crippen molar-refractivity contribution in [3.63, 3.8) is 0 Å². The van der Waals surface area contributed by atoms with E-state index >= 15 is 0 Å². The molecule has 3 rings (SSSR count). The van der Waals surface area contributed by atoms with Gasteiger partial charge in [0.1, 0.15) is 29.0 Å². The van der Waals surface area contributed by atoms with Crippen LogP contribution >= 0.6 is 27.3 Å². The highest BCUT2D eigenvalue weighted by molar-refractivity contribution is 9.10. The minimum absolute atomic E-state index is 0.0814. The summed E-state index contributed by atoms with van der Waals surface area (Å²) in [6.45, 7) is 6.04. The van der Waals surface area contributed by atoms with Gasteiger partial charge in [0.05, 0.1) is 12.2 Å². The van der Waals surface area contributed by atoms with Gasteiger partial charge in [-0.1, -0.05) is 40.2 Å². The Balaban J connectivity index is 1.71. The Morgan fingerprint density at radius 1 is 1.12 bits per heavy atom. The molecule has 34 heavy (non-hydrogen) atoms. The van der Waals surface area contributed by atoms with Crippen molar-refractivity contribution < 1.29 is 19.1 Å². The van der Waals surface area contributed by atoms with Gasteiger partial charge in [0, 0.05) is 9.35 Å². The zero-order valence-corrected chi connectivity index (χ0v) is 21.4. The summed E-state index contributed by atoms with van der Waals surface area (Å²) in [6, 6.07) is 16.9. The third kappa shape index (κ3) is 6.34. The molecule has 0 radical (unpaired) electrons. The number of rotatable bonds is 8. The SMILES string of the molecule is CCOC(=O)c1c(NC(=O)C(C#N)=Cc2ccc(OCc3ccc(Br)cc3)cc2)sc(C)c1C. The lowest BCUT2D eigenvalue weighted by Crippen LogP contribution is -2.16. The van der Waals surface area contributed by atoms with Crippen molar-refractivity contribution >= 4 is 50.2 Å². The van der Waals surface area contributed by atoms with E-state index in [2.05, 4.69) is 21.2 Å². The second-order valence-electron chi connectivity index (χ2n) is 7.32. The van der Waals surface area contributed by atoms with Gasteiger partial charge in [-0.05, 0) is 67.8 Å². The normalized spacial score (nSPS) is 11.0. The van der Waals surface area contributed by atoms with Crippen LogP contribution in [0.1, 0.15) is 38.8 Å². The van der Waals surface area contributed by atoms with Gasteiger partial charge in [-0.3, -0.25) is 4.79 Å². The molecule has 1 amide bonds. The van der Waals surface area contributed by atoms with Crippen LogP contribution in [0.5, 0.6) is 5.75 Å². The van der Waals surface area contributed by atoms with Crippen LogP contribution in [-0.2, 0) is 16.1 Å². The molecule has 0 aliphatic heterocycles. The Bertz CT molecular complexity index is 1260. The van der Waals surface area contributed by atoms with E-state index in [1.807, 2.05) is 37.3 Å². The van der Waals surface area contributed by atoms with Gasteiger partial charge in [0.15, 0.2) is 0 Å². The second kappa shape index (κ2) is 11.6. The summed E-state index contributed by atoms with van der Waals surface area (Å²) in [4.78, 5) is 26.0. The standard InChI is InChI=1S/C26H23BrN2O4S/c1-4-32-26(31)23-16(2)17(3)34-25(23)29-24(30)20(14-28)13-18-7-11-22(12-8-18)33-15-19-5-9-21(27)10-6-19/h5-13H,4,15H2,1-3H3,(H,29,30). The Morgan fingerprint density at radius 2 is 1.79 bits per heavy atom. The summed E-state index contributed by atoms with van der Waals surface area (Å²) in [5.41, 5.74) is 2.70. The molecule has 174 valence electrons. The second-order valence-corrected chi connectivity index (χ2v) is 9.46. The predicted molar refractivity (Wildman–Crippen MR) is 137 cm³/mol. The van der Waals surface area contributed by atoms with Crippen molar-refractivity contribution in [2.24, 2.45) is 0 Å². The van der Waals surface area contributed by atoms with Gasteiger partial charge in [0.25, 0.3) is 5.91 Å². The maximum Gasteiger partial charge on any atom is 0.341 e. The Kier molecular flexibility index (Phi) is 8.63. The molecule has 0 unspecified atom stereocenters. The van der Waals surface area contributed by atoms with E-state index < -0.39 is 11.9 Å². The molecule has 0 aliphatic carbocycles. The first kappa shape index (κ1) is 25.2. The van der Waals surface area contributed by atoms with Gasteiger partial charge in [0.2, 0.25) is 0 Å². The van der Waals surface area contributed by atoms with Gasteiger partial charge in [-0.2, -0.15) is 5.26 Å². The number of nitrogens with zero attached hydrogens (tertiary/aromatic N) is 1. The fraction of sp³-hybridized carbons (Fsp3) is 0.192. The van der Waals surface area contributed by atoms with Crippen LogP contribution in [0, 0.1) is 25.2 Å². The van der Waals surface area contributed by atoms with Crippen molar-refractivity contribution in [3.05, 3.63) is 85.7 Å². The third-order valence-corrected chi connectivity index (χ3v) is 6.62. The number of carbonyl (C=O) groups is 2. The summed E-state index contributed by atoms with van der Waals surface area (Å²) in [5.74, 6) is -0.419. The number of esters is 1. The van der Waals surface area contributed by atoms with E-state index in [9.17, 15) is 14.9 Å². The van der Waals surface area contributed by atoms with Gasteiger partial charge >= 0.3 is 5.97 Å². The Morgan fingerprint density at radius 3 is 2.41 bits per heavy atom. The first-order valence-electron chi connectivity index (χ1n) is 10.5. The molecule has 0 atom stereocenters. The van der Waals surface area contributed by atoms with Crippen molar-refractivity contribution in [1.82, 2.24) is 0 Å². The van der Waals surface area contributed by atoms with Crippen LogP contribution in [0.25, 0.3) is 6.08 Å². The number of thiophene rings is 1. The fourth-order valence-electron chi connectivity index (χ4n) is 3.06. The highest BCUT2D eigenvalue weighted by Gasteiger charge is 2.23. The first-order chi connectivity index (χ1) is 16.3. The summed E-state index contributed by atoms with van der Waals surface area (Å²) in [7, 11) is 0. The third-order valence-electron chi connectivity index (χ3n) is 4.97. The molecular formula is C26H23BrN2O4S. The first-order valence-corrected chi connectivity index (χ1v) is 12.1. The van der Waals surface area contributed by atoms with Crippen LogP contribution < -0.4 is 10.1 Å². The topological polar surface area (TPSA) is 88.4 Å². The molecule has 2 aromatic carbocycles. The molecule has 6 nitrogen and oxygen atoms in total. The zero-order valence-electron chi connectivity index (χ0n) is 19.0. The highest BCUT2D eigenvalue weighted by atomic mass is 79.9. The van der Waals surface area contributed by atoms with Gasteiger partial charge in [-0.25, -0.2) is 4.79 Å². The monoisotopic (exact) mass is 538 g/mol. The molecule has 8 heteroatoms. The van der Waals surface area contributed by atoms with Crippen molar-refractivity contribution in [3.8, 4) is 11.8 Å². The predicted octanol–water partition coefficient (Wildman–Crippen LogP) is 6.43. The molecule has 0 fully saturated rings. The molecule has 1 heterocycles. The van der Waals surface area contributed by atoms with Crippen LogP contribution in [0.15, 0.2) is 58.6 Å². The molecule has 1 N–H and O–H groups in total. The van der Waals surface area contributed by atoms with Crippen LogP contribution in [-0.4, -0.2) is 18.5 Å². The van der Waals surface area contributed by atoms with E-state index in [0.29, 0.717) is 28.5 Å². The molecule has 3 aromatic rings. The van der Waals surface area contributed by atoms with Crippen molar-refractivity contribution in [1.29, 1.82) is 5.26 Å². The lowest BCUT2D eigenvalue weighted by molar-refractivity contribution is -0.112. The smallest absolute Gasteiger partial charge is 0.341 e. The number of amides is 1. The van der Waals surface area contributed by atoms with E-state index in [-0.39, 0.29) is 12.2 Å². The Hall–Kier alpha value is -3.41.